The SMILES string of the molecule is CCC(=NC1CCOCC1)/C1=C(\N)OCCCn2nc(Cl)c3cnc(nc32)N1. The average Bonchev–Trinajstić information content (AvgIpc) is 3.02. The largest absolute Gasteiger partial charge is 0.478 e. The number of hydrogen-bond donors (Lipinski definition) is 2. The number of nitrogens with two attached hydrogens (primary N) is 1. The number of allylic oxidation sites excluding steroid dienone is 1. The van der Waals surface area contributed by atoms with E-state index in [0.29, 0.717) is 47.9 Å². The van der Waals surface area contributed by atoms with Gasteiger partial charge in [-0.15, -0.1) is 0 Å². The zero-order valence-electron chi connectivity index (χ0n) is 15.8. The fraction of sp³-hybridized carbons (Fsp3) is 0.556. The molecule has 3 N–H and O–H groups in total. The Hall–Kier alpha value is -2.39. The Morgan fingerprint density at radius 1 is 1.39 bits per heavy atom. The number of nitrogens with one attached hydrogen (secondary N) is 1. The van der Waals surface area contributed by atoms with Crippen molar-refractivity contribution in [3.8, 4) is 0 Å². The van der Waals surface area contributed by atoms with E-state index in [-0.39, 0.29) is 6.04 Å². The number of rotatable bonds is 3. The Morgan fingerprint density at radius 3 is 3.00 bits per heavy atom. The van der Waals surface area contributed by atoms with Crippen LogP contribution in [0.4, 0.5) is 5.95 Å². The van der Waals surface area contributed by atoms with Crippen LogP contribution >= 0.6 is 11.6 Å². The number of anilines is 1. The van der Waals surface area contributed by atoms with E-state index >= 15 is 0 Å². The lowest BCUT2D eigenvalue weighted by Gasteiger charge is -2.21. The Balaban J connectivity index is 1.72. The van der Waals surface area contributed by atoms with Crippen LogP contribution in [0.15, 0.2) is 22.8 Å². The maximum Gasteiger partial charge on any atom is 0.229 e. The van der Waals surface area contributed by atoms with Gasteiger partial charge in [-0.2, -0.15) is 10.1 Å². The molecule has 0 radical (unpaired) electrons. The molecule has 1 saturated heterocycles. The fourth-order valence-electron chi connectivity index (χ4n) is 3.36. The van der Waals surface area contributed by atoms with Crippen molar-refractivity contribution in [2.45, 2.75) is 45.2 Å². The lowest BCUT2D eigenvalue weighted by molar-refractivity contribution is 0.0871. The molecule has 150 valence electrons. The summed E-state index contributed by atoms with van der Waals surface area (Å²) in [4.78, 5) is 13.9. The van der Waals surface area contributed by atoms with Crippen LogP contribution in [-0.4, -0.2) is 51.3 Å². The monoisotopic (exact) mass is 405 g/mol. The fourth-order valence-corrected chi connectivity index (χ4v) is 3.59. The molecule has 2 aliphatic heterocycles. The Morgan fingerprint density at radius 2 is 2.21 bits per heavy atom. The van der Waals surface area contributed by atoms with Crippen molar-refractivity contribution < 1.29 is 9.47 Å². The van der Waals surface area contributed by atoms with Gasteiger partial charge in [-0.1, -0.05) is 18.5 Å². The summed E-state index contributed by atoms with van der Waals surface area (Å²) < 4.78 is 13.0. The molecular weight excluding hydrogens is 382 g/mol. The second kappa shape index (κ2) is 8.32. The molecule has 9 nitrogen and oxygen atoms in total. The van der Waals surface area contributed by atoms with Crippen molar-refractivity contribution in [1.29, 1.82) is 0 Å². The molecule has 2 aromatic heterocycles. The zero-order valence-corrected chi connectivity index (χ0v) is 16.6. The number of hydrogen-bond acceptors (Lipinski definition) is 8. The lowest BCUT2D eigenvalue weighted by atomic mass is 10.1. The first kappa shape index (κ1) is 18.9. The van der Waals surface area contributed by atoms with E-state index in [9.17, 15) is 0 Å². The number of fused-ring (bicyclic) bond motifs is 1. The van der Waals surface area contributed by atoms with Crippen LogP contribution in [-0.2, 0) is 16.0 Å². The summed E-state index contributed by atoms with van der Waals surface area (Å²) in [6.45, 7) is 4.58. The van der Waals surface area contributed by atoms with E-state index in [1.54, 1.807) is 10.9 Å². The van der Waals surface area contributed by atoms with Gasteiger partial charge in [0, 0.05) is 32.4 Å². The van der Waals surface area contributed by atoms with Crippen LogP contribution in [0.2, 0.25) is 5.15 Å². The molecule has 0 amide bonds. The summed E-state index contributed by atoms with van der Waals surface area (Å²) in [5.74, 6) is 0.704. The minimum absolute atomic E-state index is 0.215. The van der Waals surface area contributed by atoms with Gasteiger partial charge in [0.05, 0.1) is 23.7 Å². The maximum atomic E-state index is 6.28. The van der Waals surface area contributed by atoms with Crippen molar-refractivity contribution in [2.75, 3.05) is 25.1 Å². The Bertz CT molecular complexity index is 918. The van der Waals surface area contributed by atoms with E-state index in [0.717, 1.165) is 43.6 Å². The highest BCUT2D eigenvalue weighted by atomic mass is 35.5. The number of aromatic nitrogens is 4. The number of nitrogens with zero attached hydrogens (tertiary/aromatic N) is 5. The summed E-state index contributed by atoms with van der Waals surface area (Å²) in [6, 6.07) is 0.215. The van der Waals surface area contributed by atoms with E-state index in [2.05, 4.69) is 20.4 Å². The first-order valence-corrected chi connectivity index (χ1v) is 9.97. The maximum absolute atomic E-state index is 6.28. The molecule has 0 saturated carbocycles. The lowest BCUT2D eigenvalue weighted by Crippen LogP contribution is -2.25. The third-order valence-electron chi connectivity index (χ3n) is 4.85. The minimum Gasteiger partial charge on any atom is -0.478 e. The molecule has 0 aromatic carbocycles. The van der Waals surface area contributed by atoms with Crippen molar-refractivity contribution in [1.82, 2.24) is 19.7 Å². The van der Waals surface area contributed by atoms with Crippen LogP contribution in [0, 0.1) is 0 Å². The van der Waals surface area contributed by atoms with Crippen molar-refractivity contribution >= 4 is 34.3 Å². The van der Waals surface area contributed by atoms with Gasteiger partial charge >= 0.3 is 0 Å². The Kier molecular flexibility index (Phi) is 5.63. The van der Waals surface area contributed by atoms with Crippen LogP contribution in [0.25, 0.3) is 11.0 Å². The van der Waals surface area contributed by atoms with Crippen molar-refractivity contribution in [3.05, 3.63) is 22.9 Å². The van der Waals surface area contributed by atoms with E-state index in [4.69, 9.17) is 31.8 Å². The third kappa shape index (κ3) is 3.90. The normalized spacial score (nSPS) is 22.0. The molecule has 0 atom stereocenters. The summed E-state index contributed by atoms with van der Waals surface area (Å²) in [7, 11) is 0. The van der Waals surface area contributed by atoms with Gasteiger partial charge in [0.15, 0.2) is 10.8 Å². The molecule has 4 heterocycles. The molecule has 0 spiro atoms. The van der Waals surface area contributed by atoms with E-state index < -0.39 is 0 Å². The van der Waals surface area contributed by atoms with Gasteiger partial charge in [-0.3, -0.25) is 4.99 Å². The van der Waals surface area contributed by atoms with Gasteiger partial charge in [0.2, 0.25) is 11.8 Å². The molecule has 1 fully saturated rings. The number of aryl methyl sites for hydroxylation is 1. The second-order valence-electron chi connectivity index (χ2n) is 6.78. The smallest absolute Gasteiger partial charge is 0.229 e. The molecule has 0 aliphatic carbocycles. The number of ether oxygens (including phenoxy) is 2. The predicted octanol–water partition coefficient (Wildman–Crippen LogP) is 2.47. The molecule has 2 aliphatic rings. The Labute approximate surface area is 168 Å². The molecule has 2 bridgehead atoms. The molecular formula is C18H24ClN7O2. The number of halogens is 1. The zero-order chi connectivity index (χ0) is 19.5. The quantitative estimate of drug-likeness (QED) is 0.754. The van der Waals surface area contributed by atoms with Crippen LogP contribution in [0.5, 0.6) is 0 Å². The highest BCUT2D eigenvalue weighted by Crippen LogP contribution is 2.23. The highest BCUT2D eigenvalue weighted by molar-refractivity contribution is 6.34. The number of aliphatic imine (C=N–C) groups is 1. The van der Waals surface area contributed by atoms with Gasteiger partial charge in [0.25, 0.3) is 0 Å². The molecule has 0 unspecified atom stereocenters. The van der Waals surface area contributed by atoms with Gasteiger partial charge in [-0.25, -0.2) is 9.67 Å². The third-order valence-corrected chi connectivity index (χ3v) is 5.13. The summed E-state index contributed by atoms with van der Waals surface area (Å²) in [5, 5.41) is 8.68. The predicted molar refractivity (Wildman–Crippen MR) is 107 cm³/mol. The van der Waals surface area contributed by atoms with E-state index in [1.807, 2.05) is 6.92 Å². The molecule has 10 heteroatoms. The molecule has 2 aromatic rings. The van der Waals surface area contributed by atoms with Gasteiger partial charge in [0.1, 0.15) is 5.70 Å². The van der Waals surface area contributed by atoms with Gasteiger partial charge in [-0.05, 0) is 19.3 Å². The minimum atomic E-state index is 0.215. The summed E-state index contributed by atoms with van der Waals surface area (Å²) in [6.07, 6.45) is 4.90. The first-order chi connectivity index (χ1) is 13.7. The second-order valence-corrected chi connectivity index (χ2v) is 7.14. The molecule has 4 rings (SSSR count). The van der Waals surface area contributed by atoms with Crippen LogP contribution < -0.4 is 11.1 Å². The summed E-state index contributed by atoms with van der Waals surface area (Å²) in [5.41, 5.74) is 8.42. The first-order valence-electron chi connectivity index (χ1n) is 9.59. The van der Waals surface area contributed by atoms with Crippen LogP contribution in [0.3, 0.4) is 0 Å². The van der Waals surface area contributed by atoms with Gasteiger partial charge < -0.3 is 20.5 Å². The standard InChI is InChI=1S/C18H24ClN7O2/c1-2-13(22-11-4-8-27-9-5-11)14-16(20)28-7-3-6-26-17-12(15(19)25-26)10-21-18(23-14)24-17/h10-11H,2-9,20H2,1H3,(H,21,23,24)/b16-14-,22-13?. The van der Waals surface area contributed by atoms with Crippen LogP contribution in [0.1, 0.15) is 32.6 Å². The van der Waals surface area contributed by atoms with Crippen molar-refractivity contribution in [2.24, 2.45) is 10.7 Å². The van der Waals surface area contributed by atoms with Crippen molar-refractivity contribution in [3.63, 3.8) is 0 Å². The summed E-state index contributed by atoms with van der Waals surface area (Å²) >= 11 is 6.21. The highest BCUT2D eigenvalue weighted by Gasteiger charge is 2.20. The van der Waals surface area contributed by atoms with E-state index in [1.165, 1.54) is 0 Å². The topological polar surface area (TPSA) is 112 Å². The average molecular weight is 406 g/mol. The molecule has 28 heavy (non-hydrogen) atoms.